The minimum atomic E-state index is -0.332. The molecule has 6 nitrogen and oxygen atoms in total. The van der Waals surface area contributed by atoms with Crippen LogP contribution in [0.25, 0.3) is 10.9 Å². The summed E-state index contributed by atoms with van der Waals surface area (Å²) in [6.07, 6.45) is 1.65. The third-order valence-electron chi connectivity index (χ3n) is 4.10. The number of fused-ring (bicyclic) bond motifs is 1. The summed E-state index contributed by atoms with van der Waals surface area (Å²) >= 11 is 0. The largest absolute Gasteiger partial charge is 0.360 e. The molecule has 2 N–H and O–H groups in total. The molecule has 1 aromatic heterocycles. The monoisotopic (exact) mass is 349 g/mol. The van der Waals surface area contributed by atoms with Gasteiger partial charge in [0.2, 0.25) is 5.91 Å². The summed E-state index contributed by atoms with van der Waals surface area (Å²) < 4.78 is 0. The fraction of sp³-hybridized carbons (Fsp3) is 0.150. The average Bonchev–Trinajstić information content (AvgIpc) is 3.05. The Bertz CT molecular complexity index is 991. The third-order valence-corrected chi connectivity index (χ3v) is 4.10. The SMILES string of the molecule is CC(=O)c1cccc(NC(=O)CN(C)C(=O)c2c[nH]c3ccccc23)c1. The van der Waals surface area contributed by atoms with E-state index in [-0.39, 0.29) is 24.1 Å². The van der Waals surface area contributed by atoms with Crippen molar-refractivity contribution in [2.75, 3.05) is 18.9 Å². The van der Waals surface area contributed by atoms with Crippen molar-refractivity contribution >= 4 is 34.2 Å². The molecular formula is C20H19N3O3. The Hall–Kier alpha value is -3.41. The fourth-order valence-corrected chi connectivity index (χ4v) is 2.76. The number of hydrogen-bond acceptors (Lipinski definition) is 3. The Morgan fingerprint density at radius 3 is 2.62 bits per heavy atom. The van der Waals surface area contributed by atoms with Crippen molar-refractivity contribution in [3.05, 3.63) is 65.9 Å². The summed E-state index contributed by atoms with van der Waals surface area (Å²) in [5.74, 6) is -0.649. The van der Waals surface area contributed by atoms with E-state index in [1.807, 2.05) is 24.3 Å². The van der Waals surface area contributed by atoms with E-state index in [0.29, 0.717) is 16.8 Å². The van der Waals surface area contributed by atoms with E-state index in [4.69, 9.17) is 0 Å². The minimum Gasteiger partial charge on any atom is -0.360 e. The molecule has 0 aliphatic rings. The molecule has 1 heterocycles. The second-order valence-electron chi connectivity index (χ2n) is 6.09. The number of aromatic nitrogens is 1. The summed E-state index contributed by atoms with van der Waals surface area (Å²) in [6.45, 7) is 1.37. The summed E-state index contributed by atoms with van der Waals surface area (Å²) in [7, 11) is 1.58. The lowest BCUT2D eigenvalue weighted by Gasteiger charge is -2.16. The van der Waals surface area contributed by atoms with E-state index in [1.165, 1.54) is 11.8 Å². The molecule has 6 heteroatoms. The Labute approximate surface area is 150 Å². The van der Waals surface area contributed by atoms with Crippen LogP contribution in [0.5, 0.6) is 0 Å². The minimum absolute atomic E-state index is 0.0762. The molecule has 0 aliphatic carbocycles. The molecule has 0 fully saturated rings. The number of aromatic amines is 1. The first kappa shape index (κ1) is 17.4. The van der Waals surface area contributed by atoms with Crippen molar-refractivity contribution in [2.24, 2.45) is 0 Å². The van der Waals surface area contributed by atoms with Gasteiger partial charge in [-0.05, 0) is 25.1 Å². The van der Waals surface area contributed by atoms with Crippen LogP contribution >= 0.6 is 0 Å². The normalized spacial score (nSPS) is 10.5. The highest BCUT2D eigenvalue weighted by Gasteiger charge is 2.18. The second kappa shape index (κ2) is 7.23. The summed E-state index contributed by atoms with van der Waals surface area (Å²) in [6, 6.07) is 14.2. The molecule has 0 aliphatic heterocycles. The molecule has 132 valence electrons. The zero-order valence-corrected chi connectivity index (χ0v) is 14.6. The number of benzene rings is 2. The predicted octanol–water partition coefficient (Wildman–Crippen LogP) is 3.08. The van der Waals surface area contributed by atoms with E-state index in [0.717, 1.165) is 10.9 Å². The highest BCUT2D eigenvalue weighted by Crippen LogP contribution is 2.19. The number of rotatable bonds is 5. The smallest absolute Gasteiger partial charge is 0.256 e. The predicted molar refractivity (Wildman–Crippen MR) is 100 cm³/mol. The van der Waals surface area contributed by atoms with Gasteiger partial charge >= 0.3 is 0 Å². The van der Waals surface area contributed by atoms with Crippen LogP contribution in [0, 0.1) is 0 Å². The summed E-state index contributed by atoms with van der Waals surface area (Å²) in [4.78, 5) is 40.7. The van der Waals surface area contributed by atoms with Crippen molar-refractivity contribution < 1.29 is 14.4 Å². The highest BCUT2D eigenvalue weighted by atomic mass is 16.2. The molecule has 0 atom stereocenters. The van der Waals surface area contributed by atoms with Crippen LogP contribution in [-0.2, 0) is 4.79 Å². The molecule has 0 radical (unpaired) electrons. The van der Waals surface area contributed by atoms with Crippen LogP contribution in [-0.4, -0.2) is 41.1 Å². The van der Waals surface area contributed by atoms with E-state index in [1.54, 1.807) is 37.5 Å². The van der Waals surface area contributed by atoms with Crippen molar-refractivity contribution in [1.82, 2.24) is 9.88 Å². The highest BCUT2D eigenvalue weighted by molar-refractivity contribution is 6.08. The van der Waals surface area contributed by atoms with Gasteiger partial charge in [0.15, 0.2) is 5.78 Å². The van der Waals surface area contributed by atoms with Gasteiger partial charge in [-0.1, -0.05) is 30.3 Å². The number of para-hydroxylation sites is 1. The molecule has 2 amide bonds. The first-order valence-corrected chi connectivity index (χ1v) is 8.18. The Morgan fingerprint density at radius 2 is 1.85 bits per heavy atom. The molecule has 0 spiro atoms. The van der Waals surface area contributed by atoms with Crippen LogP contribution in [0.3, 0.4) is 0 Å². The molecule has 0 unspecified atom stereocenters. The first-order chi connectivity index (χ1) is 12.5. The van der Waals surface area contributed by atoms with Crippen LogP contribution in [0.2, 0.25) is 0 Å². The van der Waals surface area contributed by atoms with Gasteiger partial charge in [-0.15, -0.1) is 0 Å². The van der Waals surface area contributed by atoms with Crippen molar-refractivity contribution in [2.45, 2.75) is 6.92 Å². The summed E-state index contributed by atoms with van der Waals surface area (Å²) in [5, 5.41) is 3.53. The number of carbonyl (C=O) groups is 3. The van der Waals surface area contributed by atoms with Crippen LogP contribution < -0.4 is 5.32 Å². The molecule has 3 aromatic rings. The lowest BCUT2D eigenvalue weighted by atomic mass is 10.1. The number of H-pyrrole nitrogens is 1. The standard InChI is InChI=1S/C20H19N3O3/c1-13(24)14-6-5-7-15(10-14)22-19(25)12-23(2)20(26)17-11-21-18-9-4-3-8-16(17)18/h3-11,21H,12H2,1-2H3,(H,22,25). The number of anilines is 1. The topological polar surface area (TPSA) is 82.3 Å². The molecular weight excluding hydrogens is 330 g/mol. The van der Waals surface area contributed by atoms with Crippen LogP contribution in [0.4, 0.5) is 5.69 Å². The lowest BCUT2D eigenvalue weighted by molar-refractivity contribution is -0.116. The van der Waals surface area contributed by atoms with Crippen molar-refractivity contribution in [1.29, 1.82) is 0 Å². The number of hydrogen-bond donors (Lipinski definition) is 2. The van der Waals surface area contributed by atoms with Crippen LogP contribution in [0.15, 0.2) is 54.7 Å². The lowest BCUT2D eigenvalue weighted by Crippen LogP contribution is -2.34. The van der Waals surface area contributed by atoms with E-state index < -0.39 is 0 Å². The van der Waals surface area contributed by atoms with Gasteiger partial charge in [0.05, 0.1) is 12.1 Å². The van der Waals surface area contributed by atoms with Gasteiger partial charge in [0.1, 0.15) is 0 Å². The van der Waals surface area contributed by atoms with Gasteiger partial charge < -0.3 is 15.2 Å². The zero-order chi connectivity index (χ0) is 18.7. The maximum atomic E-state index is 12.6. The molecule has 0 saturated carbocycles. The Balaban J connectivity index is 1.68. The number of carbonyl (C=O) groups excluding carboxylic acids is 3. The molecule has 2 aromatic carbocycles. The Morgan fingerprint density at radius 1 is 1.08 bits per heavy atom. The molecule has 26 heavy (non-hydrogen) atoms. The summed E-state index contributed by atoms with van der Waals surface area (Å²) in [5.41, 5.74) is 2.44. The van der Waals surface area contributed by atoms with Crippen molar-refractivity contribution in [3.8, 4) is 0 Å². The number of likely N-dealkylation sites (N-methyl/N-ethyl adjacent to an activating group) is 1. The average molecular weight is 349 g/mol. The maximum Gasteiger partial charge on any atom is 0.256 e. The van der Waals surface area contributed by atoms with Crippen LogP contribution in [0.1, 0.15) is 27.6 Å². The van der Waals surface area contributed by atoms with Gasteiger partial charge in [0, 0.05) is 35.4 Å². The molecule has 3 rings (SSSR count). The quantitative estimate of drug-likeness (QED) is 0.695. The maximum absolute atomic E-state index is 12.6. The number of ketones is 1. The fourth-order valence-electron chi connectivity index (χ4n) is 2.76. The zero-order valence-electron chi connectivity index (χ0n) is 14.6. The van der Waals surface area contributed by atoms with Gasteiger partial charge in [-0.3, -0.25) is 14.4 Å². The third kappa shape index (κ3) is 3.64. The first-order valence-electron chi connectivity index (χ1n) is 8.18. The van der Waals surface area contributed by atoms with E-state index in [9.17, 15) is 14.4 Å². The van der Waals surface area contributed by atoms with Gasteiger partial charge in [0.25, 0.3) is 5.91 Å². The van der Waals surface area contributed by atoms with Gasteiger partial charge in [-0.2, -0.15) is 0 Å². The van der Waals surface area contributed by atoms with Gasteiger partial charge in [-0.25, -0.2) is 0 Å². The van der Waals surface area contributed by atoms with E-state index >= 15 is 0 Å². The van der Waals surface area contributed by atoms with E-state index in [2.05, 4.69) is 10.3 Å². The molecule has 0 saturated heterocycles. The number of Topliss-reactive ketones (excluding diaryl/α,β-unsaturated/α-hetero) is 1. The number of amides is 2. The molecule has 0 bridgehead atoms. The Kier molecular flexibility index (Phi) is 4.84. The van der Waals surface area contributed by atoms with Crippen molar-refractivity contribution in [3.63, 3.8) is 0 Å². The second-order valence-corrected chi connectivity index (χ2v) is 6.09. The number of nitrogens with zero attached hydrogens (tertiary/aromatic N) is 1. The number of nitrogens with one attached hydrogen (secondary N) is 2.